The summed E-state index contributed by atoms with van der Waals surface area (Å²) in [5, 5.41) is 3.70. The second-order valence-electron chi connectivity index (χ2n) is 4.55. The summed E-state index contributed by atoms with van der Waals surface area (Å²) in [7, 11) is 0. The van der Waals surface area contributed by atoms with E-state index in [0.717, 1.165) is 28.0 Å². The fourth-order valence-corrected chi connectivity index (χ4v) is 2.11. The monoisotopic (exact) mass is 284 g/mol. The van der Waals surface area contributed by atoms with Crippen LogP contribution < -0.4 is 5.32 Å². The lowest BCUT2D eigenvalue weighted by molar-refractivity contribution is 1.04. The van der Waals surface area contributed by atoms with Gasteiger partial charge in [-0.2, -0.15) is 0 Å². The van der Waals surface area contributed by atoms with Gasteiger partial charge in [0.15, 0.2) is 5.15 Å². The Morgan fingerprint density at radius 1 is 1.10 bits per heavy atom. The van der Waals surface area contributed by atoms with E-state index in [9.17, 15) is 0 Å². The first-order valence-corrected chi connectivity index (χ1v) is 6.67. The maximum atomic E-state index is 6.05. The first-order chi connectivity index (χ1) is 9.72. The highest BCUT2D eigenvalue weighted by atomic mass is 35.5. The minimum atomic E-state index is 0.462. The number of aromatic nitrogens is 3. The van der Waals surface area contributed by atoms with Crippen molar-refractivity contribution in [2.45, 2.75) is 13.5 Å². The van der Waals surface area contributed by atoms with Crippen LogP contribution in [-0.4, -0.2) is 15.0 Å². The summed E-state index contributed by atoms with van der Waals surface area (Å²) in [6.07, 6.45) is 3.51. The number of pyridine rings is 1. The van der Waals surface area contributed by atoms with Crippen molar-refractivity contribution in [2.75, 3.05) is 5.32 Å². The molecule has 0 bridgehead atoms. The Bertz CT molecular complexity index is 758. The average Bonchev–Trinajstić information content (AvgIpc) is 2.48. The fraction of sp³-hybridized carbons (Fsp3) is 0.133. The van der Waals surface area contributed by atoms with Crippen LogP contribution in [0.1, 0.15) is 11.3 Å². The minimum absolute atomic E-state index is 0.462. The van der Waals surface area contributed by atoms with Gasteiger partial charge >= 0.3 is 0 Å². The van der Waals surface area contributed by atoms with Crippen molar-refractivity contribution >= 4 is 28.3 Å². The van der Waals surface area contributed by atoms with Gasteiger partial charge in [0.25, 0.3) is 0 Å². The SMILES string of the molecule is Cc1cnc(Cl)c(NCc2cnc3ccccc3n2)c1. The number of hydrogen-bond acceptors (Lipinski definition) is 4. The number of nitrogens with zero attached hydrogens (tertiary/aromatic N) is 3. The van der Waals surface area contributed by atoms with Crippen molar-refractivity contribution < 1.29 is 0 Å². The van der Waals surface area contributed by atoms with Crippen LogP contribution in [0.2, 0.25) is 5.15 Å². The second-order valence-corrected chi connectivity index (χ2v) is 4.91. The van der Waals surface area contributed by atoms with Crippen LogP contribution in [0.25, 0.3) is 11.0 Å². The Hall–Kier alpha value is -2.20. The zero-order chi connectivity index (χ0) is 13.9. The van der Waals surface area contributed by atoms with Crippen molar-refractivity contribution in [1.82, 2.24) is 15.0 Å². The molecule has 0 saturated heterocycles. The van der Waals surface area contributed by atoms with E-state index >= 15 is 0 Å². The third-order valence-electron chi connectivity index (χ3n) is 2.93. The van der Waals surface area contributed by atoms with E-state index in [1.165, 1.54) is 0 Å². The number of anilines is 1. The molecule has 0 spiro atoms. The molecule has 0 fully saturated rings. The Balaban J connectivity index is 1.81. The van der Waals surface area contributed by atoms with Gasteiger partial charge < -0.3 is 5.32 Å². The van der Waals surface area contributed by atoms with E-state index in [1.807, 2.05) is 37.3 Å². The molecule has 0 unspecified atom stereocenters. The molecule has 0 aliphatic heterocycles. The first kappa shape index (κ1) is 12.8. The molecule has 0 atom stereocenters. The summed E-state index contributed by atoms with van der Waals surface area (Å²) in [6.45, 7) is 2.53. The highest BCUT2D eigenvalue weighted by Gasteiger charge is 2.03. The van der Waals surface area contributed by atoms with Crippen molar-refractivity contribution in [3.05, 3.63) is 59.1 Å². The van der Waals surface area contributed by atoms with Gasteiger partial charge in [0.2, 0.25) is 0 Å². The summed E-state index contributed by atoms with van der Waals surface area (Å²) in [5.41, 5.74) is 4.51. The molecule has 0 saturated carbocycles. The van der Waals surface area contributed by atoms with Crippen LogP contribution in [0, 0.1) is 6.92 Å². The highest BCUT2D eigenvalue weighted by molar-refractivity contribution is 6.31. The van der Waals surface area contributed by atoms with E-state index < -0.39 is 0 Å². The largest absolute Gasteiger partial charge is 0.377 e. The maximum Gasteiger partial charge on any atom is 0.152 e. The summed E-state index contributed by atoms with van der Waals surface area (Å²) in [4.78, 5) is 13.0. The lowest BCUT2D eigenvalue weighted by atomic mass is 10.3. The number of nitrogens with one attached hydrogen (secondary N) is 1. The second kappa shape index (κ2) is 5.43. The highest BCUT2D eigenvalue weighted by Crippen LogP contribution is 2.20. The molecule has 0 radical (unpaired) electrons. The summed E-state index contributed by atoms with van der Waals surface area (Å²) in [6, 6.07) is 9.76. The predicted molar refractivity (Wildman–Crippen MR) is 80.8 cm³/mol. The Morgan fingerprint density at radius 3 is 2.75 bits per heavy atom. The van der Waals surface area contributed by atoms with Crippen LogP contribution in [0.4, 0.5) is 5.69 Å². The van der Waals surface area contributed by atoms with Gasteiger partial charge in [-0.25, -0.2) is 9.97 Å². The Kier molecular flexibility index (Phi) is 3.48. The molecule has 0 amide bonds. The molecule has 0 aliphatic rings. The van der Waals surface area contributed by atoms with Gasteiger partial charge in [-0.05, 0) is 30.7 Å². The van der Waals surface area contributed by atoms with Gasteiger partial charge in [-0.1, -0.05) is 23.7 Å². The predicted octanol–water partition coefficient (Wildman–Crippen LogP) is 3.60. The van der Waals surface area contributed by atoms with Crippen LogP contribution >= 0.6 is 11.6 Å². The number of fused-ring (bicyclic) bond motifs is 1. The van der Waals surface area contributed by atoms with E-state index in [0.29, 0.717) is 11.7 Å². The molecular formula is C15H13ClN4. The Morgan fingerprint density at radius 2 is 1.90 bits per heavy atom. The maximum absolute atomic E-state index is 6.05. The molecule has 1 aromatic carbocycles. The van der Waals surface area contributed by atoms with Gasteiger partial charge in [0, 0.05) is 6.20 Å². The summed E-state index contributed by atoms with van der Waals surface area (Å²) < 4.78 is 0. The smallest absolute Gasteiger partial charge is 0.152 e. The minimum Gasteiger partial charge on any atom is -0.377 e. The zero-order valence-corrected chi connectivity index (χ0v) is 11.7. The summed E-state index contributed by atoms with van der Waals surface area (Å²) >= 11 is 6.05. The standard InChI is InChI=1S/C15H13ClN4/c1-10-6-14(15(16)19-7-10)18-9-11-8-17-12-4-2-3-5-13(12)20-11/h2-8,18H,9H2,1H3. The molecule has 0 aliphatic carbocycles. The first-order valence-electron chi connectivity index (χ1n) is 6.29. The molecule has 2 aromatic heterocycles. The third-order valence-corrected chi connectivity index (χ3v) is 3.24. The molecule has 20 heavy (non-hydrogen) atoms. The van der Waals surface area contributed by atoms with Crippen LogP contribution in [0.15, 0.2) is 42.7 Å². The normalized spacial score (nSPS) is 10.7. The molecule has 2 heterocycles. The lowest BCUT2D eigenvalue weighted by Gasteiger charge is -2.08. The zero-order valence-electron chi connectivity index (χ0n) is 11.0. The lowest BCUT2D eigenvalue weighted by Crippen LogP contribution is -2.04. The number of para-hydroxylation sites is 2. The summed E-state index contributed by atoms with van der Waals surface area (Å²) in [5.74, 6) is 0. The number of benzene rings is 1. The molecule has 5 heteroatoms. The van der Waals surface area contributed by atoms with Gasteiger partial charge in [0.05, 0.1) is 35.2 Å². The molecule has 3 aromatic rings. The van der Waals surface area contributed by atoms with Crippen LogP contribution in [0.3, 0.4) is 0 Å². The number of hydrogen-bond donors (Lipinski definition) is 1. The fourth-order valence-electron chi connectivity index (χ4n) is 1.94. The van der Waals surface area contributed by atoms with Crippen LogP contribution in [-0.2, 0) is 6.54 Å². The number of rotatable bonds is 3. The molecule has 1 N–H and O–H groups in total. The van der Waals surface area contributed by atoms with Crippen molar-refractivity contribution in [2.24, 2.45) is 0 Å². The number of halogens is 1. The van der Waals surface area contributed by atoms with E-state index in [2.05, 4.69) is 20.3 Å². The molecular weight excluding hydrogens is 272 g/mol. The Labute approximate surface area is 121 Å². The van der Waals surface area contributed by atoms with Crippen molar-refractivity contribution in [1.29, 1.82) is 0 Å². The average molecular weight is 285 g/mol. The van der Waals surface area contributed by atoms with Crippen molar-refractivity contribution in [3.8, 4) is 0 Å². The number of aryl methyl sites for hydroxylation is 1. The molecule has 4 nitrogen and oxygen atoms in total. The topological polar surface area (TPSA) is 50.7 Å². The third kappa shape index (κ3) is 2.70. The van der Waals surface area contributed by atoms with E-state index in [1.54, 1.807) is 12.4 Å². The molecule has 3 rings (SSSR count). The van der Waals surface area contributed by atoms with Crippen molar-refractivity contribution in [3.63, 3.8) is 0 Å². The van der Waals surface area contributed by atoms with E-state index in [4.69, 9.17) is 11.6 Å². The van der Waals surface area contributed by atoms with Gasteiger partial charge in [-0.15, -0.1) is 0 Å². The van der Waals surface area contributed by atoms with Crippen LogP contribution in [0.5, 0.6) is 0 Å². The van der Waals surface area contributed by atoms with Gasteiger partial charge in [-0.3, -0.25) is 4.98 Å². The molecule has 100 valence electrons. The van der Waals surface area contributed by atoms with Gasteiger partial charge in [0.1, 0.15) is 0 Å². The quantitative estimate of drug-likeness (QED) is 0.747. The van der Waals surface area contributed by atoms with E-state index in [-0.39, 0.29) is 0 Å².